The van der Waals surface area contributed by atoms with E-state index in [1.165, 1.54) is 0 Å². The van der Waals surface area contributed by atoms with E-state index in [4.69, 9.17) is 9.68 Å². The number of carbonyl (C=O) groups is 2. The second-order valence-electron chi connectivity index (χ2n) is 7.00. The molecule has 1 unspecified atom stereocenters. The molecule has 1 aliphatic heterocycles. The smallest absolute Gasteiger partial charge is 0.325 e. The second kappa shape index (κ2) is 6.87. The van der Waals surface area contributed by atoms with Gasteiger partial charge in [0.05, 0.1) is 11.6 Å². The first-order valence-electron chi connectivity index (χ1n) is 8.95. The van der Waals surface area contributed by atoms with Crippen molar-refractivity contribution in [1.82, 2.24) is 20.4 Å². The third-order valence-electron chi connectivity index (χ3n) is 4.93. The zero-order chi connectivity index (χ0) is 20.6. The minimum absolute atomic E-state index is 0.130. The number of benzene rings is 2. The lowest BCUT2D eigenvalue weighted by Crippen LogP contribution is -2.40. The van der Waals surface area contributed by atoms with E-state index in [1.807, 2.05) is 37.3 Å². The summed E-state index contributed by atoms with van der Waals surface area (Å²) in [4.78, 5) is 26.5. The van der Waals surface area contributed by atoms with Gasteiger partial charge < -0.3 is 9.73 Å². The zero-order valence-corrected chi connectivity index (χ0v) is 15.8. The van der Waals surface area contributed by atoms with Crippen LogP contribution in [0.3, 0.4) is 0 Å². The van der Waals surface area contributed by atoms with Crippen LogP contribution in [0.15, 0.2) is 52.9 Å². The number of hydrogen-bond acceptors (Lipinski definition) is 6. The molecular formula is C21H17N5O3. The Morgan fingerprint density at radius 2 is 1.79 bits per heavy atom. The highest BCUT2D eigenvalue weighted by Crippen LogP contribution is 2.30. The van der Waals surface area contributed by atoms with Crippen LogP contribution in [0, 0.1) is 18.3 Å². The van der Waals surface area contributed by atoms with E-state index in [0.717, 1.165) is 16.0 Å². The summed E-state index contributed by atoms with van der Waals surface area (Å²) >= 11 is 0. The predicted molar refractivity (Wildman–Crippen MR) is 102 cm³/mol. The maximum atomic E-state index is 13.0. The van der Waals surface area contributed by atoms with Crippen molar-refractivity contribution in [3.05, 3.63) is 71.1 Å². The first kappa shape index (κ1) is 18.4. The van der Waals surface area contributed by atoms with Gasteiger partial charge in [0.2, 0.25) is 11.8 Å². The van der Waals surface area contributed by atoms with Crippen molar-refractivity contribution >= 4 is 11.9 Å². The Morgan fingerprint density at radius 1 is 1.10 bits per heavy atom. The van der Waals surface area contributed by atoms with Gasteiger partial charge in [0.25, 0.3) is 5.91 Å². The Kier molecular flexibility index (Phi) is 4.35. The Balaban J connectivity index is 1.55. The van der Waals surface area contributed by atoms with E-state index >= 15 is 0 Å². The lowest BCUT2D eigenvalue weighted by Gasteiger charge is -2.22. The second-order valence-corrected chi connectivity index (χ2v) is 7.00. The van der Waals surface area contributed by atoms with E-state index in [9.17, 15) is 9.59 Å². The van der Waals surface area contributed by atoms with Gasteiger partial charge in [-0.1, -0.05) is 29.8 Å². The molecule has 0 saturated carbocycles. The molecule has 1 saturated heterocycles. The fourth-order valence-corrected chi connectivity index (χ4v) is 3.18. The molecule has 0 spiro atoms. The van der Waals surface area contributed by atoms with Crippen molar-refractivity contribution < 1.29 is 14.0 Å². The molecule has 3 aromatic rings. The number of nitrogens with one attached hydrogen (secondary N) is 1. The maximum Gasteiger partial charge on any atom is 0.325 e. The van der Waals surface area contributed by atoms with Crippen molar-refractivity contribution in [3.63, 3.8) is 0 Å². The van der Waals surface area contributed by atoms with Crippen LogP contribution in [-0.2, 0) is 16.9 Å². The summed E-state index contributed by atoms with van der Waals surface area (Å²) in [6, 6.07) is 15.6. The molecule has 8 heteroatoms. The molecule has 4 rings (SSSR count). The lowest BCUT2D eigenvalue weighted by molar-refractivity contribution is -0.131. The lowest BCUT2D eigenvalue weighted by atomic mass is 9.91. The average molecular weight is 387 g/mol. The maximum absolute atomic E-state index is 13.0. The molecule has 2 heterocycles. The molecule has 1 fully saturated rings. The molecule has 1 N–H and O–H groups in total. The number of hydrogen-bond donors (Lipinski definition) is 1. The van der Waals surface area contributed by atoms with Crippen molar-refractivity contribution in [3.8, 4) is 17.5 Å². The number of urea groups is 1. The summed E-state index contributed by atoms with van der Waals surface area (Å²) in [5, 5.41) is 19.6. The molecule has 1 atom stereocenters. The number of nitrogens with zero attached hydrogens (tertiary/aromatic N) is 4. The number of nitriles is 1. The van der Waals surface area contributed by atoms with Crippen molar-refractivity contribution in [2.45, 2.75) is 25.9 Å². The van der Waals surface area contributed by atoms with Crippen LogP contribution in [-0.4, -0.2) is 27.0 Å². The van der Waals surface area contributed by atoms with Crippen molar-refractivity contribution in [1.29, 1.82) is 5.26 Å². The molecule has 1 aromatic heterocycles. The van der Waals surface area contributed by atoms with E-state index in [0.29, 0.717) is 17.0 Å². The molecule has 144 valence electrons. The van der Waals surface area contributed by atoms with Gasteiger partial charge in [-0.3, -0.25) is 9.69 Å². The number of aromatic nitrogens is 2. The quantitative estimate of drug-likeness (QED) is 0.689. The number of rotatable bonds is 4. The zero-order valence-electron chi connectivity index (χ0n) is 15.8. The summed E-state index contributed by atoms with van der Waals surface area (Å²) < 4.78 is 5.64. The van der Waals surface area contributed by atoms with Gasteiger partial charge >= 0.3 is 6.03 Å². The predicted octanol–water partition coefficient (Wildman–Crippen LogP) is 2.88. The highest BCUT2D eigenvalue weighted by Gasteiger charge is 2.49. The Bertz CT molecular complexity index is 1130. The summed E-state index contributed by atoms with van der Waals surface area (Å²) in [5.74, 6) is 0.0531. The van der Waals surface area contributed by atoms with E-state index in [-0.39, 0.29) is 12.4 Å². The number of aryl methyl sites for hydroxylation is 1. The third-order valence-corrected chi connectivity index (χ3v) is 4.93. The van der Waals surface area contributed by atoms with Gasteiger partial charge in [0.1, 0.15) is 12.1 Å². The monoisotopic (exact) mass is 387 g/mol. The minimum atomic E-state index is -1.23. The number of amides is 3. The normalized spacial score (nSPS) is 18.6. The Morgan fingerprint density at radius 3 is 2.45 bits per heavy atom. The van der Waals surface area contributed by atoms with E-state index in [1.54, 1.807) is 31.2 Å². The van der Waals surface area contributed by atoms with Gasteiger partial charge in [-0.25, -0.2) is 4.79 Å². The molecule has 0 aliphatic carbocycles. The van der Waals surface area contributed by atoms with E-state index < -0.39 is 17.5 Å². The first-order chi connectivity index (χ1) is 13.9. The van der Waals surface area contributed by atoms with Gasteiger partial charge in [-0.05, 0) is 43.7 Å². The van der Waals surface area contributed by atoms with Crippen LogP contribution < -0.4 is 5.32 Å². The highest BCUT2D eigenvalue weighted by atomic mass is 16.4. The first-order valence-corrected chi connectivity index (χ1v) is 8.95. The average Bonchev–Trinajstić information content (AvgIpc) is 3.28. The summed E-state index contributed by atoms with van der Waals surface area (Å²) in [6.07, 6.45) is 0. The van der Waals surface area contributed by atoms with Crippen molar-refractivity contribution in [2.75, 3.05) is 0 Å². The fourth-order valence-electron chi connectivity index (χ4n) is 3.18. The molecule has 0 radical (unpaired) electrons. The van der Waals surface area contributed by atoms with Crippen LogP contribution in [0.2, 0.25) is 0 Å². The van der Waals surface area contributed by atoms with Gasteiger partial charge in [-0.2, -0.15) is 5.26 Å². The van der Waals surface area contributed by atoms with E-state index in [2.05, 4.69) is 15.5 Å². The molecule has 0 bridgehead atoms. The standard InChI is InChI=1S/C21H17N5O3/c1-13-3-7-15(8-4-13)18-25-24-17(29-18)12-26-19(27)21(2,23-20(26)28)16-9-5-14(11-22)6-10-16/h3-10H,12H2,1-2H3,(H,23,28). The molecule has 8 nitrogen and oxygen atoms in total. The molecule has 29 heavy (non-hydrogen) atoms. The van der Waals surface area contributed by atoms with Gasteiger partial charge in [0, 0.05) is 5.56 Å². The van der Waals surface area contributed by atoms with Crippen LogP contribution >= 0.6 is 0 Å². The van der Waals surface area contributed by atoms with Gasteiger partial charge in [-0.15, -0.1) is 10.2 Å². The summed E-state index contributed by atoms with van der Waals surface area (Å²) in [7, 11) is 0. The van der Waals surface area contributed by atoms with Crippen LogP contribution in [0.5, 0.6) is 0 Å². The largest absolute Gasteiger partial charge is 0.419 e. The molecule has 3 amide bonds. The van der Waals surface area contributed by atoms with Crippen LogP contribution in [0.1, 0.15) is 29.5 Å². The molecular weight excluding hydrogens is 370 g/mol. The van der Waals surface area contributed by atoms with Gasteiger partial charge in [0.15, 0.2) is 0 Å². The minimum Gasteiger partial charge on any atom is -0.419 e. The highest BCUT2D eigenvalue weighted by molar-refractivity contribution is 6.07. The van der Waals surface area contributed by atoms with Crippen LogP contribution in [0.25, 0.3) is 11.5 Å². The Labute approximate surface area is 166 Å². The molecule has 2 aromatic carbocycles. The number of carbonyl (C=O) groups excluding carboxylic acids is 2. The summed E-state index contributed by atoms with van der Waals surface area (Å²) in [5.41, 5.74) is 1.69. The SMILES string of the molecule is Cc1ccc(-c2nnc(CN3C(=O)NC(C)(c4ccc(C#N)cc4)C3=O)o2)cc1. The number of imide groups is 1. The van der Waals surface area contributed by atoms with Crippen molar-refractivity contribution in [2.24, 2.45) is 0 Å². The fraction of sp³-hybridized carbons (Fsp3) is 0.190. The van der Waals surface area contributed by atoms with Crippen LogP contribution in [0.4, 0.5) is 4.79 Å². The topological polar surface area (TPSA) is 112 Å². The molecule has 1 aliphatic rings. The third kappa shape index (κ3) is 3.23. The summed E-state index contributed by atoms with van der Waals surface area (Å²) in [6.45, 7) is 3.47. The Hall–Kier alpha value is -3.99.